The fourth-order valence-electron chi connectivity index (χ4n) is 3.51. The molecule has 10 nitrogen and oxygen atoms in total. The molecule has 0 radical (unpaired) electrons. The molecular formula is C22H20FN5O5S2. The van der Waals surface area contributed by atoms with Crippen LogP contribution in [0, 0.1) is 5.82 Å². The number of benzene rings is 2. The Bertz CT molecular complexity index is 1410. The van der Waals surface area contributed by atoms with E-state index in [1.807, 2.05) is 4.72 Å². The van der Waals surface area contributed by atoms with Gasteiger partial charge in [0, 0.05) is 30.0 Å². The van der Waals surface area contributed by atoms with Gasteiger partial charge in [-0.3, -0.25) is 9.59 Å². The molecule has 0 unspecified atom stereocenters. The summed E-state index contributed by atoms with van der Waals surface area (Å²) in [5.74, 6) is -2.24. The van der Waals surface area contributed by atoms with Crippen LogP contribution in [-0.2, 0) is 21.2 Å². The van der Waals surface area contributed by atoms with E-state index in [1.54, 1.807) is 23.6 Å². The second-order valence-electron chi connectivity index (χ2n) is 7.46. The second-order valence-corrected chi connectivity index (χ2v) is 10.3. The molecule has 4 amide bonds. The highest BCUT2D eigenvalue weighted by atomic mass is 32.2. The van der Waals surface area contributed by atoms with Crippen LogP contribution in [0.4, 0.5) is 26.2 Å². The van der Waals surface area contributed by atoms with Gasteiger partial charge in [0.25, 0.3) is 15.9 Å². The molecule has 5 N–H and O–H groups in total. The fraction of sp³-hybridized carbons (Fsp3) is 0.136. The summed E-state index contributed by atoms with van der Waals surface area (Å²) in [5, 5.41) is 6.84. The molecule has 0 saturated heterocycles. The smallest absolute Gasteiger partial charge is 0.333 e. The quantitative estimate of drug-likeness (QED) is 0.352. The molecule has 0 spiro atoms. The third-order valence-corrected chi connectivity index (χ3v) is 7.77. The fourth-order valence-corrected chi connectivity index (χ4v) is 5.41. The van der Waals surface area contributed by atoms with Crippen LogP contribution < -0.4 is 26.0 Å². The maximum absolute atomic E-state index is 14.9. The van der Waals surface area contributed by atoms with Crippen molar-refractivity contribution in [2.24, 2.45) is 5.73 Å². The van der Waals surface area contributed by atoms with Crippen LogP contribution in [0.2, 0.25) is 0 Å². The summed E-state index contributed by atoms with van der Waals surface area (Å²) in [4.78, 5) is 38.6. The first kappa shape index (κ1) is 24.3. The first-order valence-corrected chi connectivity index (χ1v) is 12.7. The highest BCUT2D eigenvalue weighted by Crippen LogP contribution is 2.30. The van der Waals surface area contributed by atoms with Crippen molar-refractivity contribution in [3.8, 4) is 0 Å². The van der Waals surface area contributed by atoms with E-state index < -0.39 is 33.7 Å². The van der Waals surface area contributed by atoms with Crippen molar-refractivity contribution >= 4 is 56.3 Å². The van der Waals surface area contributed by atoms with Crippen molar-refractivity contribution in [2.75, 3.05) is 28.6 Å². The Kier molecular flexibility index (Phi) is 6.82. The van der Waals surface area contributed by atoms with E-state index in [9.17, 15) is 27.2 Å². The highest BCUT2D eigenvalue weighted by Gasteiger charge is 2.34. The number of nitrogens with two attached hydrogens (primary N) is 1. The Morgan fingerprint density at radius 3 is 2.57 bits per heavy atom. The predicted octanol–water partition coefficient (Wildman–Crippen LogP) is 2.50. The number of anilines is 3. The minimum atomic E-state index is -4.07. The minimum absolute atomic E-state index is 0.0566. The first-order chi connectivity index (χ1) is 16.7. The van der Waals surface area contributed by atoms with Crippen LogP contribution in [0.5, 0.6) is 0 Å². The molecular weight excluding hydrogens is 497 g/mol. The van der Waals surface area contributed by atoms with Crippen LogP contribution in [0.15, 0.2) is 58.1 Å². The Labute approximate surface area is 204 Å². The maximum atomic E-state index is 14.9. The lowest BCUT2D eigenvalue weighted by atomic mass is 9.97. The largest absolute Gasteiger partial charge is 0.384 e. The van der Waals surface area contributed by atoms with Crippen LogP contribution in [0.25, 0.3) is 0 Å². The first-order valence-electron chi connectivity index (χ1n) is 10.3. The average molecular weight is 518 g/mol. The molecule has 1 aliphatic rings. The lowest BCUT2D eigenvalue weighted by Crippen LogP contribution is -2.43. The summed E-state index contributed by atoms with van der Waals surface area (Å²) < 4.78 is 41.0. The number of halogens is 1. The number of fused-ring (bicyclic) bond motifs is 1. The zero-order valence-electron chi connectivity index (χ0n) is 18.1. The Morgan fingerprint density at radius 1 is 1.11 bits per heavy atom. The molecule has 2 heterocycles. The Morgan fingerprint density at radius 2 is 1.89 bits per heavy atom. The number of urea groups is 1. The van der Waals surface area contributed by atoms with Gasteiger partial charge in [-0.15, -0.1) is 11.3 Å². The molecule has 35 heavy (non-hydrogen) atoms. The number of imide groups is 1. The molecule has 2 aromatic carbocycles. The van der Waals surface area contributed by atoms with Gasteiger partial charge >= 0.3 is 6.03 Å². The molecule has 182 valence electrons. The number of nitrogens with one attached hydrogen (secondary N) is 3. The van der Waals surface area contributed by atoms with Crippen molar-refractivity contribution in [3.05, 3.63) is 70.9 Å². The number of carbonyl (C=O) groups excluding carboxylic acids is 3. The van der Waals surface area contributed by atoms with E-state index >= 15 is 0 Å². The Balaban J connectivity index is 1.51. The second kappa shape index (κ2) is 9.82. The Hall–Kier alpha value is -3.81. The monoisotopic (exact) mass is 517 g/mol. The number of sulfonamides is 1. The SMILES string of the molecule is NCCNc1ccc2c(c1)CC(=O)N(c1ccc(NC(=O)NS(=O)(=O)c3cccs3)cc1F)C2=O. The number of nitrogens with zero attached hydrogens (tertiary/aromatic N) is 1. The molecule has 0 bridgehead atoms. The number of hydrogen-bond donors (Lipinski definition) is 4. The number of carbonyl (C=O) groups is 3. The van der Waals surface area contributed by atoms with Gasteiger partial charge in [-0.25, -0.2) is 27.2 Å². The van der Waals surface area contributed by atoms with Crippen LogP contribution in [0.1, 0.15) is 15.9 Å². The summed E-state index contributed by atoms with van der Waals surface area (Å²) in [5.41, 5.74) is 6.61. The summed E-state index contributed by atoms with van der Waals surface area (Å²) in [6.45, 7) is 0.940. The molecule has 1 aliphatic heterocycles. The normalized spacial score (nSPS) is 13.4. The van der Waals surface area contributed by atoms with Gasteiger partial charge in [0.2, 0.25) is 5.91 Å². The van der Waals surface area contributed by atoms with E-state index in [-0.39, 0.29) is 27.6 Å². The molecule has 0 aliphatic carbocycles. The van der Waals surface area contributed by atoms with Gasteiger partial charge < -0.3 is 16.4 Å². The molecule has 0 atom stereocenters. The molecule has 0 fully saturated rings. The van der Waals surface area contributed by atoms with Crippen LogP contribution in [-0.4, -0.2) is 39.4 Å². The highest BCUT2D eigenvalue weighted by molar-refractivity contribution is 7.92. The number of rotatable bonds is 7. The number of thiophene rings is 1. The van der Waals surface area contributed by atoms with Gasteiger partial charge in [0.05, 0.1) is 12.1 Å². The van der Waals surface area contributed by atoms with Crippen molar-refractivity contribution < 1.29 is 27.2 Å². The van der Waals surface area contributed by atoms with Crippen LogP contribution >= 0.6 is 11.3 Å². The van der Waals surface area contributed by atoms with Gasteiger partial charge in [0.15, 0.2) is 0 Å². The van der Waals surface area contributed by atoms with Gasteiger partial charge in [0.1, 0.15) is 10.0 Å². The van der Waals surface area contributed by atoms with Crippen molar-refractivity contribution in [2.45, 2.75) is 10.6 Å². The molecule has 3 aromatic rings. The zero-order valence-corrected chi connectivity index (χ0v) is 19.7. The summed E-state index contributed by atoms with van der Waals surface area (Å²) in [6.07, 6.45) is -0.109. The van der Waals surface area contributed by atoms with Crippen molar-refractivity contribution in [1.82, 2.24) is 4.72 Å². The third kappa shape index (κ3) is 5.16. The van der Waals surface area contributed by atoms with E-state index in [4.69, 9.17) is 5.73 Å². The number of amides is 4. The van der Waals surface area contributed by atoms with Crippen LogP contribution in [0.3, 0.4) is 0 Å². The minimum Gasteiger partial charge on any atom is -0.384 e. The average Bonchev–Trinajstić information content (AvgIpc) is 3.34. The standard InChI is InChI=1S/C22H20FN5O5S2/c23-17-12-15(26-22(31)27-35(32,33)20-2-1-9-34-20)4-6-18(17)28-19(29)11-13-10-14(25-8-7-24)3-5-16(13)21(28)30/h1-6,9-10,12,25H,7-8,11,24H2,(H2,26,27,31). The zero-order chi connectivity index (χ0) is 25.2. The van der Waals surface area contributed by atoms with E-state index in [1.165, 1.54) is 18.2 Å². The third-order valence-electron chi connectivity index (χ3n) is 5.04. The molecule has 0 saturated carbocycles. The molecule has 13 heteroatoms. The maximum Gasteiger partial charge on any atom is 0.333 e. The molecule has 1 aromatic heterocycles. The van der Waals surface area contributed by atoms with E-state index in [0.717, 1.165) is 28.4 Å². The lowest BCUT2D eigenvalue weighted by Gasteiger charge is -2.27. The lowest BCUT2D eigenvalue weighted by molar-refractivity contribution is -0.117. The van der Waals surface area contributed by atoms with E-state index in [2.05, 4.69) is 10.6 Å². The molecule has 4 rings (SSSR count). The van der Waals surface area contributed by atoms with Crippen molar-refractivity contribution in [3.63, 3.8) is 0 Å². The summed E-state index contributed by atoms with van der Waals surface area (Å²) in [7, 11) is -4.07. The summed E-state index contributed by atoms with van der Waals surface area (Å²) >= 11 is 0.930. The summed E-state index contributed by atoms with van der Waals surface area (Å²) in [6, 6.07) is 9.98. The predicted molar refractivity (Wildman–Crippen MR) is 130 cm³/mol. The van der Waals surface area contributed by atoms with Gasteiger partial charge in [-0.2, -0.15) is 0 Å². The van der Waals surface area contributed by atoms with E-state index in [0.29, 0.717) is 24.3 Å². The van der Waals surface area contributed by atoms with Crippen molar-refractivity contribution in [1.29, 1.82) is 0 Å². The van der Waals surface area contributed by atoms with Gasteiger partial charge in [-0.05, 0) is 53.4 Å². The van der Waals surface area contributed by atoms with Gasteiger partial charge in [-0.1, -0.05) is 6.07 Å². The topological polar surface area (TPSA) is 151 Å². The number of hydrogen-bond acceptors (Lipinski definition) is 8.